The largest absolute Gasteiger partial charge is 0.390 e. The Kier molecular flexibility index (Phi) is 3.88. The van der Waals surface area contributed by atoms with Crippen LogP contribution in [0.4, 0.5) is 5.69 Å². The van der Waals surface area contributed by atoms with Crippen molar-refractivity contribution < 1.29 is 5.11 Å². The lowest BCUT2D eigenvalue weighted by Gasteiger charge is -2.24. The second-order valence-electron chi connectivity index (χ2n) is 5.25. The van der Waals surface area contributed by atoms with Gasteiger partial charge in [0, 0.05) is 24.3 Å². The Hall–Kier alpha value is -1.13. The number of rotatable bonds is 2. The number of hydrogen-bond acceptors (Lipinski definition) is 3. The molecule has 1 aliphatic heterocycles. The number of thiocarbonyl (C=S) groups is 1. The molecule has 3 N–H and O–H groups in total. The highest BCUT2D eigenvalue weighted by Crippen LogP contribution is 2.25. The maximum absolute atomic E-state index is 10.1. The molecule has 4 heteroatoms. The number of anilines is 1. The minimum Gasteiger partial charge on any atom is -0.390 e. The smallest absolute Gasteiger partial charge is 0.103 e. The molecule has 1 saturated heterocycles. The summed E-state index contributed by atoms with van der Waals surface area (Å²) in [7, 11) is 0. The van der Waals surface area contributed by atoms with E-state index in [0.717, 1.165) is 37.9 Å². The molecule has 1 heterocycles. The second-order valence-corrected chi connectivity index (χ2v) is 5.69. The highest BCUT2D eigenvalue weighted by molar-refractivity contribution is 7.80. The quantitative estimate of drug-likeness (QED) is 0.803. The molecule has 0 spiro atoms. The molecule has 2 rings (SSSR count). The molecule has 0 saturated carbocycles. The first-order valence-electron chi connectivity index (χ1n) is 6.35. The molecular formula is C14H20N2OS. The van der Waals surface area contributed by atoms with Gasteiger partial charge in [-0.15, -0.1) is 0 Å². The van der Waals surface area contributed by atoms with Crippen molar-refractivity contribution in [3.05, 3.63) is 29.8 Å². The molecule has 0 aliphatic carbocycles. The van der Waals surface area contributed by atoms with Gasteiger partial charge in [0.1, 0.15) is 4.99 Å². The predicted molar refractivity (Wildman–Crippen MR) is 79.0 cm³/mol. The number of aliphatic hydroxyl groups is 1. The second kappa shape index (κ2) is 5.24. The van der Waals surface area contributed by atoms with Gasteiger partial charge in [0.25, 0.3) is 0 Å². The van der Waals surface area contributed by atoms with Crippen molar-refractivity contribution in [2.75, 3.05) is 18.0 Å². The van der Waals surface area contributed by atoms with Gasteiger partial charge in [-0.1, -0.05) is 12.2 Å². The molecule has 1 aromatic carbocycles. The van der Waals surface area contributed by atoms with E-state index in [9.17, 15) is 5.11 Å². The molecule has 1 fully saturated rings. The third kappa shape index (κ3) is 3.21. The summed E-state index contributed by atoms with van der Waals surface area (Å²) in [5, 5.41) is 10.1. The number of hydrogen-bond donors (Lipinski definition) is 2. The molecule has 0 aromatic heterocycles. The van der Waals surface area contributed by atoms with Crippen LogP contribution in [0.5, 0.6) is 0 Å². The Morgan fingerprint density at radius 1 is 1.28 bits per heavy atom. The highest BCUT2D eigenvalue weighted by atomic mass is 32.1. The van der Waals surface area contributed by atoms with Gasteiger partial charge < -0.3 is 15.7 Å². The van der Waals surface area contributed by atoms with E-state index in [-0.39, 0.29) is 0 Å². The zero-order valence-electron chi connectivity index (χ0n) is 10.7. The normalized spacial score (nSPS) is 24.7. The summed E-state index contributed by atoms with van der Waals surface area (Å²) in [6, 6.07) is 8.02. The van der Waals surface area contributed by atoms with E-state index in [1.807, 2.05) is 19.1 Å². The van der Waals surface area contributed by atoms with E-state index >= 15 is 0 Å². The Morgan fingerprint density at radius 3 is 2.56 bits per heavy atom. The van der Waals surface area contributed by atoms with Crippen molar-refractivity contribution in [3.63, 3.8) is 0 Å². The van der Waals surface area contributed by atoms with Gasteiger partial charge in [0.05, 0.1) is 5.60 Å². The zero-order chi connectivity index (χ0) is 13.2. The van der Waals surface area contributed by atoms with Crippen LogP contribution in [-0.2, 0) is 0 Å². The van der Waals surface area contributed by atoms with E-state index in [1.165, 1.54) is 5.69 Å². The maximum atomic E-state index is 10.1. The lowest BCUT2D eigenvalue weighted by atomic mass is 9.98. The zero-order valence-corrected chi connectivity index (χ0v) is 11.5. The Labute approximate surface area is 114 Å². The van der Waals surface area contributed by atoms with Gasteiger partial charge in [-0.2, -0.15) is 0 Å². The van der Waals surface area contributed by atoms with Gasteiger partial charge in [0.2, 0.25) is 0 Å². The Morgan fingerprint density at radius 2 is 1.94 bits per heavy atom. The van der Waals surface area contributed by atoms with Gasteiger partial charge in [-0.05, 0) is 50.5 Å². The van der Waals surface area contributed by atoms with Crippen molar-refractivity contribution in [1.29, 1.82) is 0 Å². The average molecular weight is 264 g/mol. The predicted octanol–water partition coefficient (Wildman–Crippen LogP) is 2.06. The molecule has 1 unspecified atom stereocenters. The summed E-state index contributed by atoms with van der Waals surface area (Å²) < 4.78 is 0. The summed E-state index contributed by atoms with van der Waals surface area (Å²) in [4.78, 5) is 2.74. The third-order valence-electron chi connectivity index (χ3n) is 3.58. The van der Waals surface area contributed by atoms with E-state index in [1.54, 1.807) is 0 Å². The molecule has 0 bridgehead atoms. The fourth-order valence-electron chi connectivity index (χ4n) is 2.36. The summed E-state index contributed by atoms with van der Waals surface area (Å²) in [5.41, 5.74) is 7.14. The minimum atomic E-state index is -0.520. The van der Waals surface area contributed by atoms with Crippen LogP contribution in [0.15, 0.2) is 24.3 Å². The average Bonchev–Trinajstić information content (AvgIpc) is 2.50. The van der Waals surface area contributed by atoms with Crippen molar-refractivity contribution in [2.24, 2.45) is 5.73 Å². The molecule has 1 atom stereocenters. The summed E-state index contributed by atoms with van der Waals surface area (Å²) in [5.74, 6) is 0. The lowest BCUT2D eigenvalue weighted by Crippen LogP contribution is -2.28. The fourth-order valence-corrected chi connectivity index (χ4v) is 2.49. The lowest BCUT2D eigenvalue weighted by molar-refractivity contribution is 0.0481. The molecule has 18 heavy (non-hydrogen) atoms. The van der Waals surface area contributed by atoms with E-state index in [0.29, 0.717) is 4.99 Å². The fraction of sp³-hybridized carbons (Fsp3) is 0.500. The molecule has 0 radical (unpaired) electrons. The third-order valence-corrected chi connectivity index (χ3v) is 3.82. The van der Waals surface area contributed by atoms with Gasteiger partial charge >= 0.3 is 0 Å². The SMILES string of the molecule is CC1(O)CCCN(c2ccc(C(N)=S)cc2)CC1. The van der Waals surface area contributed by atoms with Crippen LogP contribution in [0.3, 0.4) is 0 Å². The first kappa shape index (κ1) is 13.3. The molecule has 1 aromatic rings. The molecule has 3 nitrogen and oxygen atoms in total. The van der Waals surface area contributed by atoms with Crippen LogP contribution >= 0.6 is 12.2 Å². The number of nitrogens with two attached hydrogens (primary N) is 1. The van der Waals surface area contributed by atoms with Crippen LogP contribution in [0.25, 0.3) is 0 Å². The number of benzene rings is 1. The van der Waals surface area contributed by atoms with E-state index < -0.39 is 5.60 Å². The molecule has 98 valence electrons. The Bertz CT molecular complexity index is 428. The summed E-state index contributed by atoms with van der Waals surface area (Å²) in [6.45, 7) is 3.80. The van der Waals surface area contributed by atoms with Crippen molar-refractivity contribution in [2.45, 2.75) is 31.8 Å². The van der Waals surface area contributed by atoms with Crippen LogP contribution in [0.2, 0.25) is 0 Å². The first-order valence-corrected chi connectivity index (χ1v) is 6.76. The summed E-state index contributed by atoms with van der Waals surface area (Å²) in [6.07, 6.45) is 2.70. The van der Waals surface area contributed by atoms with E-state index in [2.05, 4.69) is 17.0 Å². The van der Waals surface area contributed by atoms with Gasteiger partial charge in [-0.3, -0.25) is 0 Å². The number of nitrogens with zero attached hydrogens (tertiary/aromatic N) is 1. The maximum Gasteiger partial charge on any atom is 0.103 e. The topological polar surface area (TPSA) is 49.5 Å². The minimum absolute atomic E-state index is 0.431. The van der Waals surface area contributed by atoms with Gasteiger partial charge in [0.15, 0.2) is 0 Å². The Balaban J connectivity index is 2.09. The van der Waals surface area contributed by atoms with Gasteiger partial charge in [-0.25, -0.2) is 0 Å². The van der Waals surface area contributed by atoms with E-state index in [4.69, 9.17) is 18.0 Å². The van der Waals surface area contributed by atoms with Crippen molar-refractivity contribution in [1.82, 2.24) is 0 Å². The molecule has 1 aliphatic rings. The first-order chi connectivity index (χ1) is 8.48. The standard InChI is InChI=1S/C14H20N2OS/c1-14(17)7-2-9-16(10-8-14)12-5-3-11(4-6-12)13(15)18/h3-6,17H,2,7-10H2,1H3,(H2,15,18). The van der Waals surface area contributed by atoms with Crippen LogP contribution in [0.1, 0.15) is 31.7 Å². The van der Waals surface area contributed by atoms with Crippen LogP contribution in [0, 0.1) is 0 Å². The van der Waals surface area contributed by atoms with Crippen LogP contribution in [-0.4, -0.2) is 28.8 Å². The van der Waals surface area contributed by atoms with Crippen molar-refractivity contribution >= 4 is 22.9 Å². The monoisotopic (exact) mass is 264 g/mol. The molecular weight excluding hydrogens is 244 g/mol. The molecule has 0 amide bonds. The van der Waals surface area contributed by atoms with Crippen LogP contribution < -0.4 is 10.6 Å². The summed E-state index contributed by atoms with van der Waals surface area (Å²) >= 11 is 4.94. The van der Waals surface area contributed by atoms with Crippen molar-refractivity contribution in [3.8, 4) is 0 Å². The highest BCUT2D eigenvalue weighted by Gasteiger charge is 2.24.